The smallest absolute Gasteiger partial charge is 0.402 e. The quantitative estimate of drug-likeness (QED) is 0.830. The van der Waals surface area contributed by atoms with Crippen molar-refractivity contribution in [1.29, 1.82) is 0 Å². The van der Waals surface area contributed by atoms with Crippen molar-refractivity contribution in [1.82, 2.24) is 0 Å². The van der Waals surface area contributed by atoms with Gasteiger partial charge in [0.1, 0.15) is 0 Å². The number of rotatable bonds is 2. The Morgan fingerprint density at radius 1 is 1.21 bits per heavy atom. The van der Waals surface area contributed by atoms with Crippen molar-refractivity contribution in [3.8, 4) is 0 Å². The zero-order chi connectivity index (χ0) is 14.4. The van der Waals surface area contributed by atoms with Gasteiger partial charge in [0.15, 0.2) is 0 Å². The lowest BCUT2D eigenvalue weighted by molar-refractivity contribution is 0.00578. The summed E-state index contributed by atoms with van der Waals surface area (Å²) in [6.45, 7) is 8.01. The van der Waals surface area contributed by atoms with E-state index < -0.39 is 24.3 Å². The number of hydrogen-bond acceptors (Lipinski definition) is 3. The van der Waals surface area contributed by atoms with Gasteiger partial charge < -0.3 is 15.0 Å². The molecule has 1 aromatic carbocycles. The highest BCUT2D eigenvalue weighted by atomic mass is 79.9. The van der Waals surface area contributed by atoms with E-state index in [4.69, 9.17) is 26.6 Å². The van der Waals surface area contributed by atoms with Crippen LogP contribution in [-0.2, 0) is 9.31 Å². The molecule has 6 heteroatoms. The van der Waals surface area contributed by atoms with Crippen LogP contribution in [0, 0.1) is 0 Å². The molecule has 0 saturated carbocycles. The lowest BCUT2D eigenvalue weighted by Crippen LogP contribution is -2.41. The highest BCUT2D eigenvalue weighted by Gasteiger charge is 2.53. The van der Waals surface area contributed by atoms with Crippen molar-refractivity contribution < 1.29 is 9.31 Å². The Labute approximate surface area is 128 Å². The van der Waals surface area contributed by atoms with E-state index in [0.29, 0.717) is 5.02 Å². The maximum absolute atomic E-state index is 6.24. The number of halogens is 2. The Balaban J connectivity index is 2.24. The maximum atomic E-state index is 6.24. The van der Waals surface area contributed by atoms with Gasteiger partial charge in [0, 0.05) is 9.50 Å². The molecule has 1 aromatic rings. The van der Waals surface area contributed by atoms with E-state index in [1.165, 1.54) is 0 Å². The van der Waals surface area contributed by atoms with E-state index in [9.17, 15) is 0 Å². The first kappa shape index (κ1) is 15.3. The molecular weight excluding hydrogens is 328 g/mol. The number of nitrogens with two attached hydrogens (primary N) is 1. The Kier molecular flexibility index (Phi) is 4.07. The summed E-state index contributed by atoms with van der Waals surface area (Å²) in [6.07, 6.45) is 0. The summed E-state index contributed by atoms with van der Waals surface area (Å²) >= 11 is 9.60. The van der Waals surface area contributed by atoms with Gasteiger partial charge in [0.2, 0.25) is 0 Å². The molecule has 1 aliphatic rings. The Hall–Kier alpha value is -0.0651. The molecule has 0 aliphatic carbocycles. The average molecular weight is 346 g/mol. The standard InChI is InChI=1S/C13H18BBrClNO2/c1-12(2)13(3,4)19-14(18-12)11(17)9-6-5-8(15)7-10(9)16/h5-7,11H,17H2,1-4H3/t11-/m1/s1. The molecule has 2 rings (SSSR count). The molecule has 0 spiro atoms. The van der Waals surface area contributed by atoms with E-state index >= 15 is 0 Å². The monoisotopic (exact) mass is 345 g/mol. The largest absolute Gasteiger partial charge is 0.480 e. The molecule has 0 aromatic heterocycles. The van der Waals surface area contributed by atoms with Crippen LogP contribution >= 0.6 is 27.5 Å². The van der Waals surface area contributed by atoms with Gasteiger partial charge in [-0.2, -0.15) is 0 Å². The summed E-state index contributed by atoms with van der Waals surface area (Å²) in [5.74, 6) is -0.415. The molecule has 1 aliphatic heterocycles. The lowest BCUT2D eigenvalue weighted by atomic mass is 9.75. The Morgan fingerprint density at radius 3 is 2.21 bits per heavy atom. The Bertz CT molecular complexity index is 480. The minimum atomic E-state index is -0.497. The van der Waals surface area contributed by atoms with E-state index in [-0.39, 0.29) is 0 Å². The molecule has 1 fully saturated rings. The predicted octanol–water partition coefficient (Wildman–Crippen LogP) is 3.73. The van der Waals surface area contributed by atoms with Gasteiger partial charge in [0.05, 0.1) is 17.1 Å². The first-order chi connectivity index (χ1) is 8.64. The van der Waals surface area contributed by atoms with Gasteiger partial charge in [-0.05, 0) is 45.4 Å². The van der Waals surface area contributed by atoms with Gasteiger partial charge in [-0.15, -0.1) is 0 Å². The highest BCUT2D eigenvalue weighted by Crippen LogP contribution is 2.40. The minimum Gasteiger partial charge on any atom is -0.402 e. The fourth-order valence-electron chi connectivity index (χ4n) is 1.95. The van der Waals surface area contributed by atoms with Crippen molar-refractivity contribution in [3.63, 3.8) is 0 Å². The van der Waals surface area contributed by atoms with Gasteiger partial charge >= 0.3 is 7.12 Å². The Morgan fingerprint density at radius 2 is 1.74 bits per heavy atom. The van der Waals surface area contributed by atoms with Crippen LogP contribution < -0.4 is 5.73 Å². The maximum Gasteiger partial charge on any atom is 0.480 e. The molecule has 0 amide bonds. The number of benzene rings is 1. The van der Waals surface area contributed by atoms with Crippen LogP contribution in [0.15, 0.2) is 22.7 Å². The van der Waals surface area contributed by atoms with Crippen molar-refractivity contribution in [2.24, 2.45) is 5.73 Å². The van der Waals surface area contributed by atoms with E-state index in [0.717, 1.165) is 10.0 Å². The van der Waals surface area contributed by atoms with Crippen molar-refractivity contribution >= 4 is 34.6 Å². The average Bonchev–Trinajstić information content (AvgIpc) is 2.47. The molecule has 1 heterocycles. The fraction of sp³-hybridized carbons (Fsp3) is 0.538. The lowest BCUT2D eigenvalue weighted by Gasteiger charge is -2.32. The SMILES string of the molecule is CC1(C)OB([C@H](N)c2ccc(Br)cc2Cl)OC1(C)C. The zero-order valence-corrected chi connectivity index (χ0v) is 13.9. The topological polar surface area (TPSA) is 44.5 Å². The molecule has 1 saturated heterocycles. The molecule has 19 heavy (non-hydrogen) atoms. The van der Waals surface area contributed by atoms with Crippen molar-refractivity contribution in [2.45, 2.75) is 44.8 Å². The summed E-state index contributed by atoms with van der Waals surface area (Å²) in [5, 5.41) is 0.608. The first-order valence-corrected chi connectivity index (χ1v) is 7.37. The predicted molar refractivity (Wildman–Crippen MR) is 82.2 cm³/mol. The molecular formula is C13H18BBrClNO2. The summed E-state index contributed by atoms with van der Waals surface area (Å²) in [7, 11) is -0.497. The van der Waals surface area contributed by atoms with Crippen LogP contribution in [-0.4, -0.2) is 18.3 Å². The fourth-order valence-corrected chi connectivity index (χ4v) is 2.75. The van der Waals surface area contributed by atoms with Crippen molar-refractivity contribution in [2.75, 3.05) is 0 Å². The molecule has 0 unspecified atom stereocenters. The van der Waals surface area contributed by atoms with Crippen LogP contribution in [0.4, 0.5) is 0 Å². The summed E-state index contributed by atoms with van der Waals surface area (Å²) in [6, 6.07) is 5.62. The summed E-state index contributed by atoms with van der Waals surface area (Å²) in [4.78, 5) is 0. The molecule has 0 bridgehead atoms. The van der Waals surface area contributed by atoms with E-state index in [1.807, 2.05) is 45.9 Å². The minimum absolute atomic E-state index is 0.392. The van der Waals surface area contributed by atoms with Crippen LogP contribution in [0.1, 0.15) is 39.2 Å². The second kappa shape index (κ2) is 5.04. The van der Waals surface area contributed by atoms with Crippen molar-refractivity contribution in [3.05, 3.63) is 33.3 Å². The molecule has 104 valence electrons. The second-order valence-corrected chi connectivity index (χ2v) is 7.14. The third-order valence-corrected chi connectivity index (χ3v) is 4.71. The normalized spacial score (nSPS) is 22.6. The van der Waals surface area contributed by atoms with Gasteiger partial charge in [-0.25, -0.2) is 0 Å². The molecule has 0 radical (unpaired) electrons. The second-order valence-electron chi connectivity index (χ2n) is 5.82. The van der Waals surface area contributed by atoms with Crippen LogP contribution in [0.3, 0.4) is 0 Å². The summed E-state index contributed by atoms with van der Waals surface area (Å²) in [5.41, 5.74) is 6.28. The van der Waals surface area contributed by atoms with Crippen LogP contribution in [0.25, 0.3) is 0 Å². The first-order valence-electron chi connectivity index (χ1n) is 6.20. The van der Waals surface area contributed by atoms with Gasteiger partial charge in [-0.1, -0.05) is 33.6 Å². The molecule has 2 N–H and O–H groups in total. The molecule has 3 nitrogen and oxygen atoms in total. The van der Waals surface area contributed by atoms with E-state index in [2.05, 4.69) is 15.9 Å². The van der Waals surface area contributed by atoms with Gasteiger partial charge in [-0.3, -0.25) is 0 Å². The highest BCUT2D eigenvalue weighted by molar-refractivity contribution is 9.10. The third kappa shape index (κ3) is 2.86. The molecule has 1 atom stereocenters. The van der Waals surface area contributed by atoms with Crippen LogP contribution in [0.5, 0.6) is 0 Å². The third-order valence-electron chi connectivity index (χ3n) is 3.89. The zero-order valence-electron chi connectivity index (χ0n) is 11.5. The van der Waals surface area contributed by atoms with Crippen LogP contribution in [0.2, 0.25) is 5.02 Å². The van der Waals surface area contributed by atoms with Gasteiger partial charge in [0.25, 0.3) is 0 Å². The number of hydrogen-bond donors (Lipinski definition) is 1. The van der Waals surface area contributed by atoms with E-state index in [1.54, 1.807) is 0 Å². The summed E-state index contributed by atoms with van der Waals surface area (Å²) < 4.78 is 12.8.